The van der Waals surface area contributed by atoms with E-state index in [9.17, 15) is 14.7 Å². The van der Waals surface area contributed by atoms with Gasteiger partial charge in [0.2, 0.25) is 0 Å². The zero-order chi connectivity index (χ0) is 17.8. The second-order valence-corrected chi connectivity index (χ2v) is 7.79. The van der Waals surface area contributed by atoms with Crippen molar-refractivity contribution in [3.8, 4) is 0 Å². The van der Waals surface area contributed by atoms with Crippen molar-refractivity contribution in [2.45, 2.75) is 30.5 Å². The van der Waals surface area contributed by atoms with Crippen molar-refractivity contribution >= 4 is 40.3 Å². The molecule has 0 radical (unpaired) electrons. The van der Waals surface area contributed by atoms with Gasteiger partial charge in [0.05, 0.1) is 0 Å². The number of hydrogen-bond acceptors (Lipinski definition) is 5. The Kier molecular flexibility index (Phi) is 5.60. The number of carboxylic acid groups (broad SMARTS) is 1. The Morgan fingerprint density at radius 1 is 1.32 bits per heavy atom. The lowest BCUT2D eigenvalue weighted by atomic mass is 10.2. The number of carbonyl (C=O) groups excluding carboxylic acids is 1. The number of amides is 2. The summed E-state index contributed by atoms with van der Waals surface area (Å²) in [5.41, 5.74) is 2.33. The van der Waals surface area contributed by atoms with Crippen LogP contribution in [0, 0.1) is 12.8 Å². The SMILES string of the molecule is Cc1ccc(CSc2nsc(NC(=O)NCC3CC3)c2C(=O)O)cc1. The van der Waals surface area contributed by atoms with E-state index in [1.165, 1.54) is 17.3 Å². The number of carbonyl (C=O) groups is 2. The number of thioether (sulfide) groups is 1. The van der Waals surface area contributed by atoms with Gasteiger partial charge in [-0.05, 0) is 42.8 Å². The van der Waals surface area contributed by atoms with Crippen LogP contribution in [0.15, 0.2) is 29.3 Å². The summed E-state index contributed by atoms with van der Waals surface area (Å²) in [6.07, 6.45) is 2.28. The Morgan fingerprint density at radius 3 is 2.68 bits per heavy atom. The van der Waals surface area contributed by atoms with Crippen molar-refractivity contribution in [2.75, 3.05) is 11.9 Å². The monoisotopic (exact) mass is 377 g/mol. The molecule has 25 heavy (non-hydrogen) atoms. The summed E-state index contributed by atoms with van der Waals surface area (Å²) in [4.78, 5) is 23.5. The highest BCUT2D eigenvalue weighted by Crippen LogP contribution is 2.33. The summed E-state index contributed by atoms with van der Waals surface area (Å²) in [5, 5.41) is 15.6. The Bertz CT molecular complexity index is 770. The molecule has 0 bridgehead atoms. The maximum Gasteiger partial charge on any atom is 0.341 e. The van der Waals surface area contributed by atoms with Gasteiger partial charge in [0.25, 0.3) is 0 Å². The van der Waals surface area contributed by atoms with Gasteiger partial charge in [-0.2, -0.15) is 4.37 Å². The number of urea groups is 1. The van der Waals surface area contributed by atoms with Crippen molar-refractivity contribution < 1.29 is 14.7 Å². The predicted octanol–water partition coefficient (Wildman–Crippen LogP) is 3.97. The average molecular weight is 377 g/mol. The minimum Gasteiger partial charge on any atom is -0.477 e. The molecule has 8 heteroatoms. The molecule has 1 aliphatic carbocycles. The number of aryl methyl sites for hydroxylation is 1. The minimum atomic E-state index is -1.09. The first-order chi connectivity index (χ1) is 12.0. The number of hydrogen-bond donors (Lipinski definition) is 3. The van der Waals surface area contributed by atoms with Gasteiger partial charge in [-0.25, -0.2) is 9.59 Å². The molecule has 1 heterocycles. The van der Waals surface area contributed by atoms with Crippen molar-refractivity contribution in [3.05, 3.63) is 41.0 Å². The molecule has 3 rings (SSSR count). The normalized spacial score (nSPS) is 13.5. The van der Waals surface area contributed by atoms with Gasteiger partial charge in [0.1, 0.15) is 15.6 Å². The maximum absolute atomic E-state index is 11.9. The smallest absolute Gasteiger partial charge is 0.341 e. The molecule has 2 aromatic rings. The number of nitrogens with zero attached hydrogens (tertiary/aromatic N) is 1. The maximum atomic E-state index is 11.9. The largest absolute Gasteiger partial charge is 0.477 e. The summed E-state index contributed by atoms with van der Waals surface area (Å²) in [5.74, 6) is 0.0990. The highest BCUT2D eigenvalue weighted by Gasteiger charge is 2.24. The van der Waals surface area contributed by atoms with Gasteiger partial charge >= 0.3 is 12.0 Å². The molecule has 0 saturated heterocycles. The van der Waals surface area contributed by atoms with Crippen LogP contribution in [0.25, 0.3) is 0 Å². The van der Waals surface area contributed by atoms with Crippen molar-refractivity contribution in [3.63, 3.8) is 0 Å². The van der Waals surface area contributed by atoms with Gasteiger partial charge in [0.15, 0.2) is 0 Å². The molecule has 1 aromatic carbocycles. The number of nitrogens with one attached hydrogen (secondary N) is 2. The molecule has 132 valence electrons. The molecule has 6 nitrogen and oxygen atoms in total. The molecule has 1 saturated carbocycles. The number of rotatable bonds is 7. The van der Waals surface area contributed by atoms with Gasteiger partial charge in [0, 0.05) is 12.3 Å². The number of aromatic carboxylic acids is 1. The number of carboxylic acids is 1. The predicted molar refractivity (Wildman–Crippen MR) is 99.6 cm³/mol. The third-order valence-corrected chi connectivity index (χ3v) is 5.77. The van der Waals surface area contributed by atoms with E-state index >= 15 is 0 Å². The van der Waals surface area contributed by atoms with Crippen molar-refractivity contribution in [2.24, 2.45) is 5.92 Å². The first kappa shape index (κ1) is 17.8. The Morgan fingerprint density at radius 2 is 2.04 bits per heavy atom. The van der Waals surface area contributed by atoms with E-state index < -0.39 is 5.97 Å². The zero-order valence-corrected chi connectivity index (χ0v) is 15.4. The van der Waals surface area contributed by atoms with Crippen LogP contribution in [0.2, 0.25) is 0 Å². The zero-order valence-electron chi connectivity index (χ0n) is 13.7. The molecular weight excluding hydrogens is 358 g/mol. The number of aromatic nitrogens is 1. The molecule has 1 fully saturated rings. The van der Waals surface area contributed by atoms with Crippen LogP contribution in [0.3, 0.4) is 0 Å². The fourth-order valence-electron chi connectivity index (χ4n) is 2.19. The molecule has 1 aromatic heterocycles. The Balaban J connectivity index is 1.64. The van der Waals surface area contributed by atoms with Crippen molar-refractivity contribution in [1.29, 1.82) is 0 Å². The van der Waals surface area contributed by atoms with Crippen LogP contribution < -0.4 is 10.6 Å². The fourth-order valence-corrected chi connectivity index (χ4v) is 4.09. The van der Waals surface area contributed by atoms with Crippen LogP contribution in [-0.2, 0) is 5.75 Å². The quantitative estimate of drug-likeness (QED) is 0.635. The van der Waals surface area contributed by atoms with E-state index in [1.54, 1.807) is 0 Å². The van der Waals surface area contributed by atoms with Crippen LogP contribution >= 0.6 is 23.3 Å². The lowest BCUT2D eigenvalue weighted by Crippen LogP contribution is -2.30. The van der Waals surface area contributed by atoms with E-state index in [0.29, 0.717) is 23.2 Å². The lowest BCUT2D eigenvalue weighted by molar-refractivity contribution is 0.0694. The summed E-state index contributed by atoms with van der Waals surface area (Å²) in [7, 11) is 0. The Hall–Kier alpha value is -2.06. The third kappa shape index (κ3) is 4.96. The van der Waals surface area contributed by atoms with Gasteiger partial charge in [-0.3, -0.25) is 5.32 Å². The molecular formula is C17H19N3O3S2. The minimum absolute atomic E-state index is 0.0590. The highest BCUT2D eigenvalue weighted by molar-refractivity contribution is 7.98. The summed E-state index contributed by atoms with van der Waals surface area (Å²) in [6, 6.07) is 7.69. The van der Waals surface area contributed by atoms with Gasteiger partial charge in [-0.1, -0.05) is 41.6 Å². The number of anilines is 1. The summed E-state index contributed by atoms with van der Waals surface area (Å²) < 4.78 is 4.21. The summed E-state index contributed by atoms with van der Waals surface area (Å²) >= 11 is 2.35. The van der Waals surface area contributed by atoms with E-state index in [1.807, 2.05) is 31.2 Å². The van der Waals surface area contributed by atoms with Crippen LogP contribution in [0.4, 0.5) is 9.80 Å². The van der Waals surface area contributed by atoms with Crippen molar-refractivity contribution in [1.82, 2.24) is 9.69 Å². The standard InChI is InChI=1S/C17H19N3O3S2/c1-10-2-4-12(5-3-10)9-24-15-13(16(21)22)14(25-20-15)19-17(23)18-8-11-6-7-11/h2-5,11H,6-9H2,1H3,(H,21,22)(H2,18,19,23). The third-order valence-electron chi connectivity index (χ3n) is 3.85. The first-order valence-electron chi connectivity index (χ1n) is 7.99. The lowest BCUT2D eigenvalue weighted by Gasteiger charge is -2.06. The van der Waals surface area contributed by atoms with Gasteiger partial charge in [-0.15, -0.1) is 0 Å². The molecule has 0 aliphatic heterocycles. The molecule has 3 N–H and O–H groups in total. The number of benzene rings is 1. The summed E-state index contributed by atoms with van der Waals surface area (Å²) in [6.45, 7) is 2.65. The second-order valence-electron chi connectivity index (χ2n) is 6.05. The molecule has 1 aliphatic rings. The molecule has 0 unspecified atom stereocenters. The van der Waals surface area contributed by atoms with E-state index in [-0.39, 0.29) is 16.6 Å². The van der Waals surface area contributed by atoms with E-state index in [0.717, 1.165) is 29.9 Å². The molecule has 0 atom stereocenters. The van der Waals surface area contributed by atoms with Gasteiger partial charge < -0.3 is 10.4 Å². The van der Waals surface area contributed by atoms with E-state index in [2.05, 4.69) is 15.0 Å². The molecule has 2 amide bonds. The molecule has 0 spiro atoms. The average Bonchev–Trinajstić information content (AvgIpc) is 3.32. The van der Waals surface area contributed by atoms with Crippen LogP contribution in [-0.4, -0.2) is 28.0 Å². The van der Waals surface area contributed by atoms with E-state index in [4.69, 9.17) is 0 Å². The Labute approximate surface area is 154 Å². The topological polar surface area (TPSA) is 91.3 Å². The second kappa shape index (κ2) is 7.88. The first-order valence-corrected chi connectivity index (χ1v) is 9.75. The van der Waals surface area contributed by atoms with Crippen LogP contribution in [0.5, 0.6) is 0 Å². The highest BCUT2D eigenvalue weighted by atomic mass is 32.2. The van der Waals surface area contributed by atoms with Crippen LogP contribution in [0.1, 0.15) is 34.3 Å². The fraction of sp³-hybridized carbons (Fsp3) is 0.353.